The van der Waals surface area contributed by atoms with Crippen molar-refractivity contribution in [3.8, 4) is 0 Å². The molecule has 1 aliphatic heterocycles. The highest BCUT2D eigenvalue weighted by Gasteiger charge is 2.52. The molecule has 0 aliphatic carbocycles. The first-order chi connectivity index (χ1) is 11.3. The molecule has 8 heteroatoms. The second kappa shape index (κ2) is 7.12. The van der Waals surface area contributed by atoms with Crippen molar-refractivity contribution in [3.05, 3.63) is 35.9 Å². The number of rotatable bonds is 8. The van der Waals surface area contributed by atoms with Gasteiger partial charge in [-0.2, -0.15) is 0 Å². The molecule has 1 aromatic rings. The Labute approximate surface area is 138 Å². The highest BCUT2D eigenvalue weighted by atomic mass is 16.4. The standard InChI is InChI=1S/C16H18N2O6/c19-12(20)6-8-16(10-11-4-2-1-3-5-11)14(23)17-15(24)18(16)9-7-13(21)22/h1-5H,6-10H2,(H,19,20)(H,21,22)(H,17,23,24). The van der Waals surface area contributed by atoms with Crippen molar-refractivity contribution in [2.45, 2.75) is 31.2 Å². The Morgan fingerprint density at radius 2 is 1.67 bits per heavy atom. The van der Waals surface area contributed by atoms with Crippen molar-refractivity contribution in [2.24, 2.45) is 0 Å². The number of amides is 3. The van der Waals surface area contributed by atoms with Crippen LogP contribution in [0, 0.1) is 0 Å². The summed E-state index contributed by atoms with van der Waals surface area (Å²) in [6, 6.07) is 8.20. The normalized spacial score (nSPS) is 20.1. The predicted octanol–water partition coefficient (Wildman–Crippen LogP) is 0.859. The maximum atomic E-state index is 12.5. The van der Waals surface area contributed by atoms with Gasteiger partial charge >= 0.3 is 18.0 Å². The smallest absolute Gasteiger partial charge is 0.325 e. The van der Waals surface area contributed by atoms with Crippen LogP contribution in [0.25, 0.3) is 0 Å². The summed E-state index contributed by atoms with van der Waals surface area (Å²) in [4.78, 5) is 47.5. The Balaban J connectivity index is 2.36. The second-order valence-electron chi connectivity index (χ2n) is 5.64. The van der Waals surface area contributed by atoms with Gasteiger partial charge in [-0.15, -0.1) is 0 Å². The molecule has 1 saturated heterocycles. The van der Waals surface area contributed by atoms with E-state index in [1.165, 1.54) is 0 Å². The van der Waals surface area contributed by atoms with Crippen molar-refractivity contribution in [2.75, 3.05) is 6.54 Å². The zero-order chi connectivity index (χ0) is 17.7. The van der Waals surface area contributed by atoms with Crippen molar-refractivity contribution < 1.29 is 29.4 Å². The van der Waals surface area contributed by atoms with E-state index in [1.54, 1.807) is 30.3 Å². The van der Waals surface area contributed by atoms with E-state index in [0.717, 1.165) is 10.5 Å². The molecule has 0 bridgehead atoms. The molecular weight excluding hydrogens is 316 g/mol. The number of carboxylic acids is 2. The van der Waals surface area contributed by atoms with Gasteiger partial charge in [0, 0.05) is 19.4 Å². The molecule has 0 aromatic heterocycles. The number of urea groups is 1. The Morgan fingerprint density at radius 3 is 2.25 bits per heavy atom. The first kappa shape index (κ1) is 17.5. The lowest BCUT2D eigenvalue weighted by Gasteiger charge is -2.35. The molecule has 1 unspecified atom stereocenters. The summed E-state index contributed by atoms with van der Waals surface area (Å²) in [5.74, 6) is -2.79. The van der Waals surface area contributed by atoms with Crippen molar-refractivity contribution in [3.63, 3.8) is 0 Å². The van der Waals surface area contributed by atoms with Crippen LogP contribution in [-0.4, -0.2) is 51.1 Å². The zero-order valence-electron chi connectivity index (χ0n) is 12.9. The molecule has 128 valence electrons. The van der Waals surface area contributed by atoms with Gasteiger partial charge in [0.2, 0.25) is 0 Å². The maximum absolute atomic E-state index is 12.5. The number of hydrogen-bond donors (Lipinski definition) is 3. The second-order valence-corrected chi connectivity index (χ2v) is 5.64. The van der Waals surface area contributed by atoms with E-state index in [0.29, 0.717) is 0 Å². The first-order valence-corrected chi connectivity index (χ1v) is 7.46. The topological polar surface area (TPSA) is 124 Å². The molecular formula is C16H18N2O6. The number of carbonyl (C=O) groups is 4. The molecule has 8 nitrogen and oxygen atoms in total. The van der Waals surface area contributed by atoms with E-state index in [4.69, 9.17) is 10.2 Å². The van der Waals surface area contributed by atoms with Gasteiger partial charge in [-0.1, -0.05) is 30.3 Å². The Morgan fingerprint density at radius 1 is 1.04 bits per heavy atom. The predicted molar refractivity (Wildman–Crippen MR) is 82.2 cm³/mol. The van der Waals surface area contributed by atoms with E-state index >= 15 is 0 Å². The van der Waals surface area contributed by atoms with Crippen molar-refractivity contribution in [1.29, 1.82) is 0 Å². The van der Waals surface area contributed by atoms with Gasteiger partial charge in [0.05, 0.1) is 6.42 Å². The molecule has 24 heavy (non-hydrogen) atoms. The van der Waals surface area contributed by atoms with Crippen LogP contribution in [0.1, 0.15) is 24.8 Å². The van der Waals surface area contributed by atoms with Gasteiger partial charge in [-0.05, 0) is 12.0 Å². The largest absolute Gasteiger partial charge is 0.481 e. The minimum Gasteiger partial charge on any atom is -0.481 e. The Kier molecular flexibility index (Phi) is 5.18. The van der Waals surface area contributed by atoms with Crippen LogP contribution >= 0.6 is 0 Å². The Bertz CT molecular complexity index is 660. The highest BCUT2D eigenvalue weighted by Crippen LogP contribution is 2.31. The fourth-order valence-electron chi connectivity index (χ4n) is 2.88. The third-order valence-corrected chi connectivity index (χ3v) is 4.05. The third-order valence-electron chi connectivity index (χ3n) is 4.05. The molecule has 3 N–H and O–H groups in total. The molecule has 1 heterocycles. The van der Waals surface area contributed by atoms with E-state index in [-0.39, 0.29) is 32.2 Å². The van der Waals surface area contributed by atoms with Gasteiger partial charge in [0.1, 0.15) is 5.54 Å². The van der Waals surface area contributed by atoms with Crippen LogP contribution in [0.15, 0.2) is 30.3 Å². The highest BCUT2D eigenvalue weighted by molar-refractivity contribution is 6.07. The van der Waals surface area contributed by atoms with Crippen LogP contribution in [0.2, 0.25) is 0 Å². The molecule has 3 amide bonds. The van der Waals surface area contributed by atoms with Gasteiger partial charge in [-0.25, -0.2) is 4.79 Å². The molecule has 1 fully saturated rings. The summed E-state index contributed by atoms with van der Waals surface area (Å²) in [5.41, 5.74) is -0.639. The molecule has 1 aromatic carbocycles. The molecule has 2 rings (SSSR count). The lowest BCUT2D eigenvalue weighted by molar-refractivity contribution is -0.140. The van der Waals surface area contributed by atoms with Crippen LogP contribution in [-0.2, 0) is 20.8 Å². The molecule has 0 saturated carbocycles. The fourth-order valence-corrected chi connectivity index (χ4v) is 2.88. The van der Waals surface area contributed by atoms with Gasteiger partial charge in [-0.3, -0.25) is 19.7 Å². The van der Waals surface area contributed by atoms with Gasteiger partial charge < -0.3 is 15.1 Å². The Hall–Kier alpha value is -2.90. The summed E-state index contributed by atoms with van der Waals surface area (Å²) in [6.07, 6.45) is -0.603. The first-order valence-electron chi connectivity index (χ1n) is 7.46. The monoisotopic (exact) mass is 334 g/mol. The molecule has 0 spiro atoms. The number of benzene rings is 1. The summed E-state index contributed by atoms with van der Waals surface area (Å²) >= 11 is 0. The molecule has 1 aliphatic rings. The average molecular weight is 334 g/mol. The number of nitrogens with one attached hydrogen (secondary N) is 1. The van der Waals surface area contributed by atoms with Crippen LogP contribution < -0.4 is 5.32 Å². The third kappa shape index (κ3) is 3.70. The number of hydrogen-bond acceptors (Lipinski definition) is 4. The van der Waals surface area contributed by atoms with E-state index in [9.17, 15) is 19.2 Å². The van der Waals surface area contributed by atoms with E-state index in [1.807, 2.05) is 0 Å². The lowest BCUT2D eigenvalue weighted by atomic mass is 9.84. The summed E-state index contributed by atoms with van der Waals surface area (Å²) < 4.78 is 0. The number of imide groups is 1. The minimum absolute atomic E-state index is 0.0889. The van der Waals surface area contributed by atoms with Crippen LogP contribution in [0.3, 0.4) is 0 Å². The van der Waals surface area contributed by atoms with Gasteiger partial charge in [0.15, 0.2) is 0 Å². The van der Waals surface area contributed by atoms with Crippen molar-refractivity contribution in [1.82, 2.24) is 10.2 Å². The van der Waals surface area contributed by atoms with Gasteiger partial charge in [0.25, 0.3) is 5.91 Å². The number of carboxylic acid groups (broad SMARTS) is 2. The van der Waals surface area contributed by atoms with E-state index in [2.05, 4.69) is 5.32 Å². The lowest BCUT2D eigenvalue weighted by Crippen LogP contribution is -2.52. The summed E-state index contributed by atoms with van der Waals surface area (Å²) in [7, 11) is 0. The average Bonchev–Trinajstić information content (AvgIpc) is 2.75. The number of carbonyl (C=O) groups excluding carboxylic acids is 2. The van der Waals surface area contributed by atoms with Crippen molar-refractivity contribution >= 4 is 23.9 Å². The minimum atomic E-state index is -1.40. The maximum Gasteiger partial charge on any atom is 0.325 e. The fraction of sp³-hybridized carbons (Fsp3) is 0.375. The van der Waals surface area contributed by atoms with Crippen LogP contribution in [0.5, 0.6) is 0 Å². The quantitative estimate of drug-likeness (QED) is 0.606. The van der Waals surface area contributed by atoms with Crippen LogP contribution in [0.4, 0.5) is 4.79 Å². The molecule has 0 radical (unpaired) electrons. The molecule has 1 atom stereocenters. The van der Waals surface area contributed by atoms with E-state index < -0.39 is 29.4 Å². The number of aliphatic carboxylic acids is 2. The summed E-state index contributed by atoms with van der Waals surface area (Å²) in [6.45, 7) is -0.167. The zero-order valence-corrected chi connectivity index (χ0v) is 12.9. The number of nitrogens with zero attached hydrogens (tertiary/aromatic N) is 1. The summed E-state index contributed by atoms with van der Waals surface area (Å²) in [5, 5.41) is 20.0. The SMILES string of the molecule is O=C(O)CCN1C(=O)NC(=O)C1(CCC(=O)O)Cc1ccccc1.